The van der Waals surface area contributed by atoms with Crippen molar-refractivity contribution in [2.45, 2.75) is 13.8 Å². The van der Waals surface area contributed by atoms with Gasteiger partial charge in [-0.05, 0) is 54.3 Å². The van der Waals surface area contributed by atoms with E-state index in [1.54, 1.807) is 18.2 Å². The normalized spacial score (nSPS) is 11.3. The molecular weight excluding hydrogens is 280 g/mol. The molecule has 0 bridgehead atoms. The molecule has 0 aliphatic carbocycles. The lowest BCUT2D eigenvalue weighted by Gasteiger charge is -2.07. The Bertz CT molecular complexity index is 755. The van der Waals surface area contributed by atoms with Gasteiger partial charge in [0.2, 0.25) is 0 Å². The number of carboxylic acid groups (broad SMARTS) is 2. The second-order valence-electron chi connectivity index (χ2n) is 5.09. The largest absolute Gasteiger partial charge is 0.478 e. The molecule has 0 atom stereocenters. The van der Waals surface area contributed by atoms with Gasteiger partial charge in [-0.2, -0.15) is 0 Å². The number of benzene rings is 2. The number of aryl methyl sites for hydroxylation is 2. The Kier molecular flexibility index (Phi) is 4.41. The molecule has 0 amide bonds. The van der Waals surface area contributed by atoms with Crippen LogP contribution >= 0.6 is 0 Å². The predicted molar refractivity (Wildman–Crippen MR) is 84.8 cm³/mol. The lowest BCUT2D eigenvalue weighted by molar-refractivity contribution is -0.130. The van der Waals surface area contributed by atoms with E-state index in [1.807, 2.05) is 26.0 Å². The van der Waals surface area contributed by atoms with Crippen molar-refractivity contribution in [3.8, 4) is 0 Å². The average Bonchev–Trinajstić information content (AvgIpc) is 2.48. The third-order valence-corrected chi connectivity index (χ3v) is 3.52. The van der Waals surface area contributed by atoms with Gasteiger partial charge in [-0.15, -0.1) is 0 Å². The highest BCUT2D eigenvalue weighted by molar-refractivity contribution is 6.20. The number of aromatic carboxylic acids is 1. The van der Waals surface area contributed by atoms with Crippen LogP contribution in [0.2, 0.25) is 0 Å². The third kappa shape index (κ3) is 3.41. The zero-order chi connectivity index (χ0) is 16.3. The number of hydrogen-bond acceptors (Lipinski definition) is 2. The molecule has 0 fully saturated rings. The summed E-state index contributed by atoms with van der Waals surface area (Å²) in [7, 11) is 0. The van der Waals surface area contributed by atoms with E-state index in [4.69, 9.17) is 5.11 Å². The van der Waals surface area contributed by atoms with Gasteiger partial charge in [0.05, 0.1) is 11.1 Å². The number of rotatable bonds is 4. The van der Waals surface area contributed by atoms with Crippen LogP contribution in [0.25, 0.3) is 11.6 Å². The molecular formula is C18H16O4. The Morgan fingerprint density at radius 2 is 1.45 bits per heavy atom. The molecule has 0 aliphatic rings. The number of hydrogen-bond donors (Lipinski definition) is 2. The topological polar surface area (TPSA) is 74.6 Å². The number of carbonyl (C=O) groups is 2. The Morgan fingerprint density at radius 3 is 1.95 bits per heavy atom. The van der Waals surface area contributed by atoms with Crippen molar-refractivity contribution in [1.29, 1.82) is 0 Å². The maximum absolute atomic E-state index is 11.5. The van der Waals surface area contributed by atoms with Crippen LogP contribution < -0.4 is 0 Å². The highest BCUT2D eigenvalue weighted by Crippen LogP contribution is 2.21. The van der Waals surface area contributed by atoms with Gasteiger partial charge >= 0.3 is 11.9 Å². The van der Waals surface area contributed by atoms with E-state index in [0.717, 1.165) is 11.1 Å². The number of aliphatic carboxylic acids is 1. The summed E-state index contributed by atoms with van der Waals surface area (Å²) in [6, 6.07) is 11.6. The first-order valence-corrected chi connectivity index (χ1v) is 6.74. The van der Waals surface area contributed by atoms with Crippen molar-refractivity contribution in [3.63, 3.8) is 0 Å². The van der Waals surface area contributed by atoms with Crippen molar-refractivity contribution < 1.29 is 19.8 Å². The van der Waals surface area contributed by atoms with Gasteiger partial charge in [0.25, 0.3) is 0 Å². The minimum absolute atomic E-state index is 0.167. The molecule has 0 saturated heterocycles. The second-order valence-corrected chi connectivity index (χ2v) is 5.09. The first-order valence-electron chi connectivity index (χ1n) is 6.74. The molecule has 2 aromatic carbocycles. The number of carboxylic acids is 2. The van der Waals surface area contributed by atoms with Gasteiger partial charge in [0, 0.05) is 0 Å². The SMILES string of the molecule is Cc1ccc(/C(=C/c2ccc(C(=O)O)cc2)C(=O)O)cc1C. The highest BCUT2D eigenvalue weighted by Gasteiger charge is 2.11. The molecule has 2 N–H and O–H groups in total. The first kappa shape index (κ1) is 15.5. The molecule has 0 aromatic heterocycles. The maximum atomic E-state index is 11.5. The summed E-state index contributed by atoms with van der Waals surface area (Å²) < 4.78 is 0. The van der Waals surface area contributed by atoms with Crippen LogP contribution in [0.5, 0.6) is 0 Å². The molecule has 22 heavy (non-hydrogen) atoms. The second kappa shape index (κ2) is 6.26. The molecule has 0 radical (unpaired) electrons. The fourth-order valence-electron chi connectivity index (χ4n) is 2.07. The van der Waals surface area contributed by atoms with Crippen LogP contribution in [0.3, 0.4) is 0 Å². The summed E-state index contributed by atoms with van der Waals surface area (Å²) in [5.41, 5.74) is 3.72. The van der Waals surface area contributed by atoms with Crippen molar-refractivity contribution in [2.24, 2.45) is 0 Å². The van der Waals surface area contributed by atoms with Gasteiger partial charge in [-0.1, -0.05) is 30.3 Å². The molecule has 0 heterocycles. The highest BCUT2D eigenvalue weighted by atomic mass is 16.4. The van der Waals surface area contributed by atoms with E-state index in [1.165, 1.54) is 18.2 Å². The average molecular weight is 296 g/mol. The van der Waals surface area contributed by atoms with E-state index in [2.05, 4.69) is 0 Å². The Morgan fingerprint density at radius 1 is 0.864 bits per heavy atom. The maximum Gasteiger partial charge on any atom is 0.336 e. The Balaban J connectivity index is 2.44. The standard InChI is InChI=1S/C18H16O4/c1-11-3-6-15(9-12(11)2)16(18(21)22)10-13-4-7-14(8-5-13)17(19)20/h3-10H,1-2H3,(H,19,20)(H,21,22)/b16-10-. The third-order valence-electron chi connectivity index (χ3n) is 3.52. The summed E-state index contributed by atoms with van der Waals surface area (Å²) in [5, 5.41) is 18.3. The van der Waals surface area contributed by atoms with Gasteiger partial charge < -0.3 is 10.2 Å². The van der Waals surface area contributed by atoms with Crippen molar-refractivity contribution in [3.05, 3.63) is 70.3 Å². The molecule has 4 heteroatoms. The predicted octanol–water partition coefficient (Wildman–Crippen LogP) is 3.63. The minimum Gasteiger partial charge on any atom is -0.478 e. The van der Waals surface area contributed by atoms with E-state index in [0.29, 0.717) is 11.1 Å². The van der Waals surface area contributed by atoms with Crippen LogP contribution in [0, 0.1) is 13.8 Å². The summed E-state index contributed by atoms with van der Waals surface area (Å²) in [5.74, 6) is -2.03. The summed E-state index contributed by atoms with van der Waals surface area (Å²) in [6.45, 7) is 3.90. The smallest absolute Gasteiger partial charge is 0.336 e. The van der Waals surface area contributed by atoms with Crippen molar-refractivity contribution >= 4 is 23.6 Å². The summed E-state index contributed by atoms with van der Waals surface area (Å²) in [6.07, 6.45) is 1.54. The molecule has 112 valence electrons. The quantitative estimate of drug-likeness (QED) is 0.667. The first-order chi connectivity index (χ1) is 10.4. The lowest BCUT2D eigenvalue weighted by atomic mass is 9.98. The summed E-state index contributed by atoms with van der Waals surface area (Å²) >= 11 is 0. The van der Waals surface area contributed by atoms with E-state index in [9.17, 15) is 14.7 Å². The van der Waals surface area contributed by atoms with E-state index < -0.39 is 11.9 Å². The molecule has 0 aliphatic heterocycles. The van der Waals surface area contributed by atoms with Gasteiger partial charge in [0.15, 0.2) is 0 Å². The van der Waals surface area contributed by atoms with Crippen LogP contribution in [-0.4, -0.2) is 22.2 Å². The monoisotopic (exact) mass is 296 g/mol. The van der Waals surface area contributed by atoms with E-state index in [-0.39, 0.29) is 11.1 Å². The van der Waals surface area contributed by atoms with E-state index >= 15 is 0 Å². The molecule has 0 unspecified atom stereocenters. The zero-order valence-corrected chi connectivity index (χ0v) is 12.3. The Hall–Kier alpha value is -2.88. The van der Waals surface area contributed by atoms with Crippen LogP contribution in [0.1, 0.15) is 32.6 Å². The van der Waals surface area contributed by atoms with Crippen LogP contribution in [0.15, 0.2) is 42.5 Å². The molecule has 2 rings (SSSR count). The zero-order valence-electron chi connectivity index (χ0n) is 12.3. The van der Waals surface area contributed by atoms with Gasteiger partial charge in [-0.25, -0.2) is 9.59 Å². The lowest BCUT2D eigenvalue weighted by Crippen LogP contribution is -2.01. The molecule has 0 saturated carbocycles. The summed E-state index contributed by atoms with van der Waals surface area (Å²) in [4.78, 5) is 22.3. The Labute approximate surface area is 128 Å². The fourth-order valence-corrected chi connectivity index (χ4v) is 2.07. The van der Waals surface area contributed by atoms with Crippen LogP contribution in [-0.2, 0) is 4.79 Å². The molecule has 0 spiro atoms. The van der Waals surface area contributed by atoms with Gasteiger partial charge in [-0.3, -0.25) is 0 Å². The fraction of sp³-hybridized carbons (Fsp3) is 0.111. The molecule has 2 aromatic rings. The minimum atomic E-state index is -1.02. The molecule has 4 nitrogen and oxygen atoms in total. The van der Waals surface area contributed by atoms with Crippen molar-refractivity contribution in [1.82, 2.24) is 0 Å². The van der Waals surface area contributed by atoms with Gasteiger partial charge in [0.1, 0.15) is 0 Å². The van der Waals surface area contributed by atoms with Crippen LogP contribution in [0.4, 0.5) is 0 Å². The van der Waals surface area contributed by atoms with Crippen molar-refractivity contribution in [2.75, 3.05) is 0 Å².